The minimum Gasteiger partial charge on any atom is -0.399 e. The topological polar surface area (TPSA) is 167 Å². The third-order valence-electron chi connectivity index (χ3n) is 8.51. The molecule has 0 fully saturated rings. The van der Waals surface area contributed by atoms with E-state index in [-0.39, 0.29) is 23.6 Å². The molecule has 0 aliphatic carbocycles. The number of anilines is 2. The van der Waals surface area contributed by atoms with Crippen LogP contribution in [0.1, 0.15) is 11.3 Å². The molecular weight excluding hydrogens is 661 g/mol. The second-order valence-electron chi connectivity index (χ2n) is 12.0. The van der Waals surface area contributed by atoms with Crippen LogP contribution in [0.4, 0.5) is 11.4 Å². The summed E-state index contributed by atoms with van der Waals surface area (Å²) in [4.78, 5) is 50.2. The molecule has 0 saturated heterocycles. The second kappa shape index (κ2) is 13.3. The van der Waals surface area contributed by atoms with Gasteiger partial charge in [-0.1, -0.05) is 72.4 Å². The van der Waals surface area contributed by atoms with E-state index in [1.54, 1.807) is 24.3 Å². The van der Waals surface area contributed by atoms with Crippen molar-refractivity contribution in [2.75, 3.05) is 11.1 Å². The summed E-state index contributed by atoms with van der Waals surface area (Å²) in [6.45, 7) is -0.240. The smallest absolute Gasteiger partial charge is 0.277 e. The Morgan fingerprint density at radius 1 is 0.725 bits per heavy atom. The van der Waals surface area contributed by atoms with Gasteiger partial charge in [-0.3, -0.25) is 24.6 Å². The first-order valence-corrected chi connectivity index (χ1v) is 17.0. The molecule has 0 saturated carbocycles. The normalized spacial score (nSPS) is 11.3. The van der Waals surface area contributed by atoms with Gasteiger partial charge in [-0.05, 0) is 66.2 Å². The zero-order valence-electron chi connectivity index (χ0n) is 27.0. The van der Waals surface area contributed by atoms with E-state index in [4.69, 9.17) is 15.7 Å². The maximum atomic E-state index is 13.8. The predicted molar refractivity (Wildman–Crippen MR) is 201 cm³/mol. The lowest BCUT2D eigenvalue weighted by atomic mass is 10.0. The number of rotatable bonds is 9. The number of hydrogen-bond donors (Lipinski definition) is 5. The van der Waals surface area contributed by atoms with E-state index >= 15 is 0 Å². The number of aromatic amines is 3. The van der Waals surface area contributed by atoms with Crippen LogP contribution in [-0.2, 0) is 17.8 Å². The summed E-state index contributed by atoms with van der Waals surface area (Å²) in [7, 11) is 0. The zero-order valence-corrected chi connectivity index (χ0v) is 27.8. The summed E-state index contributed by atoms with van der Waals surface area (Å²) in [5.74, 6) is -0.382. The summed E-state index contributed by atoms with van der Waals surface area (Å²) >= 11 is 1.36. The Hall–Kier alpha value is -6.66. The number of pyridine rings is 2. The number of carbonyl (C=O) groups excluding carboxylic acids is 1. The monoisotopic (exact) mass is 690 g/mol. The number of hydrogen-bond acceptors (Lipinski definition) is 7. The van der Waals surface area contributed by atoms with Gasteiger partial charge in [0.15, 0.2) is 0 Å². The van der Waals surface area contributed by atoms with Gasteiger partial charge in [0.2, 0.25) is 5.91 Å². The number of H-pyrrole nitrogens is 3. The maximum Gasteiger partial charge on any atom is 0.277 e. The van der Waals surface area contributed by atoms with Crippen molar-refractivity contribution in [3.05, 3.63) is 153 Å². The molecule has 11 nitrogen and oxygen atoms in total. The van der Waals surface area contributed by atoms with E-state index < -0.39 is 0 Å². The number of para-hydroxylation sites is 2. The van der Waals surface area contributed by atoms with Crippen molar-refractivity contribution < 1.29 is 4.79 Å². The number of fused-ring (bicyclic) bond motifs is 2. The Bertz CT molecular complexity index is 2670. The lowest BCUT2D eigenvalue weighted by Gasteiger charge is -2.08. The first-order chi connectivity index (χ1) is 24.9. The number of nitrogen functional groups attached to an aromatic ring is 1. The fraction of sp³-hybridized carbons (Fsp3) is 0.0513. The molecule has 4 aromatic heterocycles. The largest absolute Gasteiger partial charge is 0.399 e. The van der Waals surface area contributed by atoms with Gasteiger partial charge in [0.05, 0.1) is 39.2 Å². The van der Waals surface area contributed by atoms with Crippen LogP contribution in [0, 0.1) is 0 Å². The Morgan fingerprint density at radius 2 is 1.35 bits per heavy atom. The Labute approximate surface area is 294 Å². The average molecular weight is 691 g/mol. The summed E-state index contributed by atoms with van der Waals surface area (Å²) in [5, 5.41) is 14.2. The minimum atomic E-state index is -0.382. The summed E-state index contributed by atoms with van der Waals surface area (Å²) < 4.78 is 1.29. The van der Waals surface area contributed by atoms with E-state index in [0.29, 0.717) is 51.0 Å². The maximum absolute atomic E-state index is 13.8. The second-order valence-corrected chi connectivity index (χ2v) is 13.1. The predicted octanol–water partition coefficient (Wildman–Crippen LogP) is 6.59. The van der Waals surface area contributed by atoms with Crippen molar-refractivity contribution in [2.45, 2.75) is 22.9 Å². The van der Waals surface area contributed by atoms with E-state index in [1.807, 2.05) is 97.1 Å². The molecule has 0 bridgehead atoms. The van der Waals surface area contributed by atoms with Crippen LogP contribution < -0.4 is 22.2 Å². The number of amides is 1. The third-order valence-corrected chi connectivity index (χ3v) is 9.52. The lowest BCUT2D eigenvalue weighted by Crippen LogP contribution is -2.26. The standard InChI is InChI=1S/C39H30N8O3S/c40-26-13-17-28(18-14-26)51-38-36(32-20-12-25-6-2-4-8-30(25)43-32)39(50)47(46-38)22-34(48)41-27-15-9-23(10-16-27)21-33-35(37(49)45-44-33)31-19-11-24-5-1-3-7-29(24)42-31/h1-20,46H,21-22,40H2,(H,41,48)(H2,44,45,49). The van der Waals surface area contributed by atoms with E-state index in [9.17, 15) is 14.4 Å². The van der Waals surface area contributed by atoms with E-state index in [1.165, 1.54) is 16.4 Å². The van der Waals surface area contributed by atoms with Crippen LogP contribution >= 0.6 is 11.8 Å². The van der Waals surface area contributed by atoms with Crippen LogP contribution in [-0.4, -0.2) is 35.9 Å². The Morgan fingerprint density at radius 3 is 2.02 bits per heavy atom. The lowest BCUT2D eigenvalue weighted by molar-refractivity contribution is -0.117. The van der Waals surface area contributed by atoms with Crippen LogP contribution in [0.25, 0.3) is 44.3 Å². The van der Waals surface area contributed by atoms with Gasteiger partial charge in [-0.15, -0.1) is 0 Å². The molecule has 0 unspecified atom stereocenters. The van der Waals surface area contributed by atoms with Gasteiger partial charge in [0.25, 0.3) is 11.1 Å². The molecule has 0 aliphatic heterocycles. The number of carbonyl (C=O) groups is 1. The van der Waals surface area contributed by atoms with Gasteiger partial charge in [0.1, 0.15) is 11.6 Å². The molecule has 0 aliphatic rings. The minimum absolute atomic E-state index is 0.240. The first kappa shape index (κ1) is 31.6. The molecule has 8 aromatic rings. The highest BCUT2D eigenvalue weighted by Gasteiger charge is 2.21. The van der Waals surface area contributed by atoms with Crippen molar-refractivity contribution in [2.24, 2.45) is 0 Å². The highest BCUT2D eigenvalue weighted by molar-refractivity contribution is 7.99. The van der Waals surface area contributed by atoms with Crippen molar-refractivity contribution in [1.82, 2.24) is 29.9 Å². The fourth-order valence-electron chi connectivity index (χ4n) is 5.99. The number of benzene rings is 4. The van der Waals surface area contributed by atoms with Crippen LogP contribution in [0.3, 0.4) is 0 Å². The molecule has 0 atom stereocenters. The Balaban J connectivity index is 1.01. The van der Waals surface area contributed by atoms with Crippen molar-refractivity contribution in [3.8, 4) is 22.5 Å². The molecule has 4 heterocycles. The number of nitrogens with one attached hydrogen (secondary N) is 4. The van der Waals surface area contributed by atoms with Crippen LogP contribution in [0.15, 0.2) is 141 Å². The number of aromatic nitrogens is 6. The van der Waals surface area contributed by atoms with Crippen molar-refractivity contribution in [1.29, 1.82) is 0 Å². The Kier molecular flexibility index (Phi) is 8.26. The van der Waals surface area contributed by atoms with Gasteiger partial charge < -0.3 is 16.1 Å². The van der Waals surface area contributed by atoms with E-state index in [0.717, 1.165) is 32.3 Å². The molecule has 250 valence electrons. The van der Waals surface area contributed by atoms with Crippen molar-refractivity contribution in [3.63, 3.8) is 0 Å². The van der Waals surface area contributed by atoms with Crippen molar-refractivity contribution >= 4 is 50.8 Å². The van der Waals surface area contributed by atoms with Crippen LogP contribution in [0.2, 0.25) is 0 Å². The summed E-state index contributed by atoms with van der Waals surface area (Å²) in [6, 6.07) is 37.7. The molecule has 0 radical (unpaired) electrons. The average Bonchev–Trinajstić information content (AvgIpc) is 3.66. The number of nitrogens with zero attached hydrogens (tertiary/aromatic N) is 3. The molecule has 4 aromatic carbocycles. The molecular formula is C39H30N8O3S. The molecule has 8 rings (SSSR count). The molecule has 12 heteroatoms. The zero-order chi connectivity index (χ0) is 34.9. The molecule has 51 heavy (non-hydrogen) atoms. The highest BCUT2D eigenvalue weighted by Crippen LogP contribution is 2.33. The van der Waals surface area contributed by atoms with Gasteiger partial charge in [-0.2, -0.15) is 0 Å². The third kappa shape index (κ3) is 6.55. The first-order valence-electron chi connectivity index (χ1n) is 16.1. The summed E-state index contributed by atoms with van der Waals surface area (Å²) in [6.07, 6.45) is 0.439. The highest BCUT2D eigenvalue weighted by atomic mass is 32.2. The van der Waals surface area contributed by atoms with Gasteiger partial charge >= 0.3 is 0 Å². The van der Waals surface area contributed by atoms with Crippen LogP contribution in [0.5, 0.6) is 0 Å². The summed E-state index contributed by atoms with van der Waals surface area (Å²) in [5.41, 5.74) is 11.6. The van der Waals surface area contributed by atoms with E-state index in [2.05, 4.69) is 20.6 Å². The SMILES string of the molecule is Nc1ccc(Sc2[nH]n(CC(=O)Nc3ccc(Cc4[nH][nH]c(=O)c4-c4ccc5ccccc5n4)cc3)c(=O)c2-c2ccc3ccccc3n2)cc1. The van der Waals surface area contributed by atoms with Gasteiger partial charge in [-0.25, -0.2) is 14.6 Å². The fourth-order valence-corrected chi connectivity index (χ4v) is 6.95. The number of nitrogens with two attached hydrogens (primary N) is 1. The molecule has 1 amide bonds. The van der Waals surface area contributed by atoms with Gasteiger partial charge in [0, 0.05) is 33.5 Å². The quantitative estimate of drug-likeness (QED) is 0.107. The molecule has 6 N–H and O–H groups in total. The molecule has 0 spiro atoms.